The normalized spacial score (nSPS) is 19.3. The van der Waals surface area contributed by atoms with E-state index in [4.69, 9.17) is 29.7 Å². The van der Waals surface area contributed by atoms with Crippen LogP contribution in [-0.2, 0) is 4.79 Å². The summed E-state index contributed by atoms with van der Waals surface area (Å²) in [5.41, 5.74) is 0.00602. The van der Waals surface area contributed by atoms with Crippen molar-refractivity contribution in [1.29, 1.82) is 0 Å². The Morgan fingerprint density at radius 1 is 1.79 bits per heavy atom. The molecule has 0 aromatic heterocycles. The Morgan fingerprint density at radius 2 is 2.50 bits per heavy atom. The van der Waals surface area contributed by atoms with Gasteiger partial charge in [0.15, 0.2) is 6.10 Å². The number of aliphatic carboxylic acids is 1. The van der Waals surface area contributed by atoms with Crippen molar-refractivity contribution in [3.63, 3.8) is 0 Å². The standard InChI is InChI=1S/C10H11ClO3/c1-6-5-8(11)3-4-9(6)14-7(2)10(12)13/h3-5,7H,1-2H3,(H,12,13)/i2D3,3D,4D,5D. The monoisotopic (exact) mass is 220 g/mol. The van der Waals surface area contributed by atoms with Crippen molar-refractivity contribution in [3.8, 4) is 5.75 Å². The molecule has 0 amide bonds. The van der Waals surface area contributed by atoms with Gasteiger partial charge in [0.05, 0.1) is 4.11 Å². The third-order valence-corrected chi connectivity index (χ3v) is 1.57. The van der Waals surface area contributed by atoms with Crippen LogP contribution < -0.4 is 4.74 Å². The Kier molecular flexibility index (Phi) is 1.56. The Balaban J connectivity index is 3.38. The smallest absolute Gasteiger partial charge is 0.344 e. The van der Waals surface area contributed by atoms with Gasteiger partial charge in [-0.25, -0.2) is 4.79 Å². The van der Waals surface area contributed by atoms with Crippen LogP contribution in [0.5, 0.6) is 5.75 Å². The number of hydrogen-bond donors (Lipinski definition) is 1. The molecule has 1 aromatic rings. The molecule has 1 rings (SSSR count). The minimum Gasteiger partial charge on any atom is -0.479 e. The van der Waals surface area contributed by atoms with E-state index >= 15 is 0 Å². The second kappa shape index (κ2) is 4.33. The molecule has 0 fully saturated rings. The molecule has 0 spiro atoms. The minimum absolute atomic E-state index is 0.00602. The molecule has 0 saturated heterocycles. The summed E-state index contributed by atoms with van der Waals surface area (Å²) in [7, 11) is 0. The van der Waals surface area contributed by atoms with Gasteiger partial charge >= 0.3 is 5.97 Å². The predicted molar refractivity (Wildman–Crippen MR) is 53.9 cm³/mol. The molecule has 1 unspecified atom stereocenters. The molecule has 0 saturated carbocycles. The van der Waals surface area contributed by atoms with Gasteiger partial charge in [0.2, 0.25) is 0 Å². The molecule has 1 aromatic carbocycles. The van der Waals surface area contributed by atoms with E-state index in [0.717, 1.165) is 0 Å². The Hall–Kier alpha value is -1.22. The lowest BCUT2D eigenvalue weighted by molar-refractivity contribution is -0.144. The fourth-order valence-electron chi connectivity index (χ4n) is 0.744. The first-order chi connectivity index (χ1) is 8.98. The minimum atomic E-state index is -2.95. The number of ether oxygens (including phenoxy) is 1. The fraction of sp³-hybridized carbons (Fsp3) is 0.300. The van der Waals surface area contributed by atoms with E-state index < -0.39 is 36.8 Å². The van der Waals surface area contributed by atoms with E-state index in [1.807, 2.05) is 0 Å². The molecule has 76 valence electrons. The lowest BCUT2D eigenvalue weighted by atomic mass is 10.2. The van der Waals surface area contributed by atoms with E-state index in [9.17, 15) is 4.79 Å². The van der Waals surface area contributed by atoms with E-state index in [2.05, 4.69) is 0 Å². The van der Waals surface area contributed by atoms with Gasteiger partial charge in [-0.15, -0.1) is 0 Å². The Labute approximate surface area is 95.7 Å². The number of carbonyl (C=O) groups is 1. The third kappa shape index (κ3) is 2.64. The molecule has 0 heterocycles. The average Bonchev–Trinajstić information content (AvgIpc) is 2.32. The summed E-state index contributed by atoms with van der Waals surface area (Å²) in [6, 6.07) is -1.39. The number of carboxylic acids is 1. The SMILES string of the molecule is [2H]c1c([2H])c(OC(C(=O)O)C([2H])([2H])[2H])c(C)c([2H])c1Cl. The van der Waals surface area contributed by atoms with Crippen molar-refractivity contribution in [2.45, 2.75) is 19.9 Å². The van der Waals surface area contributed by atoms with Crippen LogP contribution in [0.3, 0.4) is 0 Å². The van der Waals surface area contributed by atoms with Gasteiger partial charge < -0.3 is 9.84 Å². The van der Waals surface area contributed by atoms with Crippen molar-refractivity contribution in [2.75, 3.05) is 0 Å². The van der Waals surface area contributed by atoms with Gasteiger partial charge in [-0.2, -0.15) is 0 Å². The number of carboxylic acid groups (broad SMARTS) is 1. The van der Waals surface area contributed by atoms with Gasteiger partial charge in [0.25, 0.3) is 0 Å². The molecule has 0 aliphatic heterocycles. The quantitative estimate of drug-likeness (QED) is 0.852. The number of rotatable bonds is 3. The van der Waals surface area contributed by atoms with E-state index in [0.29, 0.717) is 0 Å². The maximum absolute atomic E-state index is 10.9. The largest absolute Gasteiger partial charge is 0.479 e. The first kappa shape index (κ1) is 5.03. The molecular weight excluding hydrogens is 204 g/mol. The fourth-order valence-corrected chi connectivity index (χ4v) is 0.933. The maximum atomic E-state index is 10.9. The number of benzene rings is 1. The highest BCUT2D eigenvalue weighted by Crippen LogP contribution is 2.22. The summed E-state index contributed by atoms with van der Waals surface area (Å²) in [4.78, 5) is 10.9. The zero-order valence-electron chi connectivity index (χ0n) is 13.2. The topological polar surface area (TPSA) is 46.5 Å². The van der Waals surface area contributed by atoms with E-state index in [-0.39, 0.29) is 16.6 Å². The summed E-state index contributed by atoms with van der Waals surface area (Å²) < 4.78 is 49.0. The summed E-state index contributed by atoms with van der Waals surface area (Å²) in [5, 5.41) is 8.60. The zero-order valence-corrected chi connectivity index (χ0v) is 7.97. The van der Waals surface area contributed by atoms with Crippen LogP contribution in [0.1, 0.15) is 20.6 Å². The number of halogens is 1. The van der Waals surface area contributed by atoms with Crippen LogP contribution in [0.25, 0.3) is 0 Å². The third-order valence-electron chi connectivity index (χ3n) is 1.38. The zero-order chi connectivity index (χ0) is 15.8. The first-order valence-electron chi connectivity index (χ1n) is 6.63. The maximum Gasteiger partial charge on any atom is 0.344 e. The van der Waals surface area contributed by atoms with Crippen molar-refractivity contribution >= 4 is 17.6 Å². The molecule has 4 heteroatoms. The Morgan fingerprint density at radius 3 is 3.07 bits per heavy atom. The van der Waals surface area contributed by atoms with Crippen molar-refractivity contribution in [2.24, 2.45) is 0 Å². The molecule has 0 aliphatic rings. The molecule has 14 heavy (non-hydrogen) atoms. The van der Waals surface area contributed by atoms with Gasteiger partial charge in [-0.1, -0.05) is 11.6 Å². The number of hydrogen-bond acceptors (Lipinski definition) is 2. The van der Waals surface area contributed by atoms with Crippen molar-refractivity contribution < 1.29 is 22.9 Å². The lowest BCUT2D eigenvalue weighted by Crippen LogP contribution is -2.23. The summed E-state index contributed by atoms with van der Waals surface area (Å²) in [6.45, 7) is -1.62. The van der Waals surface area contributed by atoms with Crippen LogP contribution >= 0.6 is 11.6 Å². The molecule has 0 radical (unpaired) electrons. The van der Waals surface area contributed by atoms with Gasteiger partial charge in [-0.05, 0) is 37.5 Å². The van der Waals surface area contributed by atoms with E-state index in [1.165, 1.54) is 6.92 Å². The first-order valence-corrected chi connectivity index (χ1v) is 4.01. The summed E-state index contributed by atoms with van der Waals surface area (Å²) in [5.74, 6) is -2.16. The molecule has 3 nitrogen and oxygen atoms in total. The highest BCUT2D eigenvalue weighted by Gasteiger charge is 2.13. The van der Waals surface area contributed by atoms with Gasteiger partial charge in [-0.3, -0.25) is 0 Å². The average molecular weight is 221 g/mol. The van der Waals surface area contributed by atoms with Gasteiger partial charge in [0.1, 0.15) is 5.75 Å². The highest BCUT2D eigenvalue weighted by atomic mass is 35.5. The van der Waals surface area contributed by atoms with Gasteiger partial charge in [0, 0.05) is 9.13 Å². The molecule has 0 aliphatic carbocycles. The summed E-state index contributed by atoms with van der Waals surface area (Å²) >= 11 is 5.67. The highest BCUT2D eigenvalue weighted by molar-refractivity contribution is 6.30. The molecular formula is C10H11ClO3. The van der Waals surface area contributed by atoms with Crippen molar-refractivity contribution in [3.05, 3.63) is 28.7 Å². The lowest BCUT2D eigenvalue weighted by Gasteiger charge is -2.12. The second-order valence-corrected chi connectivity index (χ2v) is 2.86. The Bertz CT molecular complexity index is 528. The van der Waals surface area contributed by atoms with Crippen LogP contribution in [-0.4, -0.2) is 17.2 Å². The van der Waals surface area contributed by atoms with Crippen LogP contribution in [0.2, 0.25) is 5.02 Å². The molecule has 1 atom stereocenters. The van der Waals surface area contributed by atoms with Crippen LogP contribution in [0, 0.1) is 6.92 Å². The van der Waals surface area contributed by atoms with Crippen molar-refractivity contribution in [1.82, 2.24) is 0 Å². The molecule has 0 bridgehead atoms. The van der Waals surface area contributed by atoms with Crippen LogP contribution in [0.15, 0.2) is 18.1 Å². The predicted octanol–water partition coefficient (Wildman–Crippen LogP) is 2.50. The second-order valence-electron chi connectivity index (χ2n) is 2.48. The van der Waals surface area contributed by atoms with E-state index in [1.54, 1.807) is 0 Å². The summed E-state index contributed by atoms with van der Waals surface area (Å²) in [6.07, 6.45) is -2.19. The van der Waals surface area contributed by atoms with Crippen LogP contribution in [0.4, 0.5) is 0 Å². The molecule has 1 N–H and O–H groups in total.